The van der Waals surface area contributed by atoms with Crippen molar-refractivity contribution in [1.82, 2.24) is 15.0 Å². The smallest absolute Gasteiger partial charge is 0.327 e. The summed E-state index contributed by atoms with van der Waals surface area (Å²) in [7, 11) is 0. The van der Waals surface area contributed by atoms with E-state index in [1.165, 1.54) is 0 Å². The Bertz CT molecular complexity index is 498. The lowest BCUT2D eigenvalue weighted by molar-refractivity contribution is 0.439. The standard InChI is InChI=1S/C10H9ClN4O/c1-6-13-9(12)15-10(14-6)16-8-5-3-2-4-7(8)11/h2-5H,1H3,(H2,12,13,14,15). The highest BCUT2D eigenvalue weighted by molar-refractivity contribution is 6.32. The molecule has 0 aliphatic heterocycles. The number of para-hydroxylation sites is 1. The Morgan fingerprint density at radius 3 is 2.62 bits per heavy atom. The number of nitrogens with zero attached hydrogens (tertiary/aromatic N) is 3. The molecule has 0 fully saturated rings. The maximum absolute atomic E-state index is 5.93. The molecule has 0 amide bonds. The molecule has 0 spiro atoms. The molecule has 2 N–H and O–H groups in total. The Morgan fingerprint density at radius 1 is 1.19 bits per heavy atom. The fraction of sp³-hybridized carbons (Fsp3) is 0.100. The lowest BCUT2D eigenvalue weighted by Crippen LogP contribution is -2.02. The van der Waals surface area contributed by atoms with E-state index in [0.717, 1.165) is 0 Å². The molecule has 2 rings (SSSR count). The zero-order valence-electron chi connectivity index (χ0n) is 8.51. The van der Waals surface area contributed by atoms with E-state index < -0.39 is 0 Å². The maximum Gasteiger partial charge on any atom is 0.327 e. The second-order valence-electron chi connectivity index (χ2n) is 3.06. The van der Waals surface area contributed by atoms with Crippen LogP contribution in [0.5, 0.6) is 11.8 Å². The Kier molecular flexibility index (Phi) is 2.87. The van der Waals surface area contributed by atoms with Gasteiger partial charge in [0, 0.05) is 0 Å². The topological polar surface area (TPSA) is 73.9 Å². The highest BCUT2D eigenvalue weighted by Crippen LogP contribution is 2.26. The number of nitrogen functional groups attached to an aromatic ring is 1. The Hall–Kier alpha value is -1.88. The van der Waals surface area contributed by atoms with Crippen molar-refractivity contribution in [2.24, 2.45) is 0 Å². The van der Waals surface area contributed by atoms with Crippen LogP contribution in [0.4, 0.5) is 5.95 Å². The van der Waals surface area contributed by atoms with Gasteiger partial charge in [0.2, 0.25) is 5.95 Å². The van der Waals surface area contributed by atoms with E-state index in [4.69, 9.17) is 22.1 Å². The average molecular weight is 237 g/mol. The SMILES string of the molecule is Cc1nc(N)nc(Oc2ccccc2Cl)n1. The van der Waals surface area contributed by atoms with Gasteiger partial charge in [0.1, 0.15) is 11.6 Å². The summed E-state index contributed by atoms with van der Waals surface area (Å²) in [6.45, 7) is 1.71. The van der Waals surface area contributed by atoms with E-state index >= 15 is 0 Å². The number of ether oxygens (including phenoxy) is 1. The number of halogens is 1. The van der Waals surface area contributed by atoms with Crippen molar-refractivity contribution in [1.29, 1.82) is 0 Å². The molecule has 0 saturated carbocycles. The summed E-state index contributed by atoms with van der Waals surface area (Å²) < 4.78 is 5.40. The number of rotatable bonds is 2. The minimum absolute atomic E-state index is 0.120. The number of hydrogen-bond donors (Lipinski definition) is 1. The van der Waals surface area contributed by atoms with Crippen LogP contribution in [0.3, 0.4) is 0 Å². The molecule has 5 nitrogen and oxygen atoms in total. The van der Waals surface area contributed by atoms with Gasteiger partial charge in [-0.05, 0) is 19.1 Å². The first-order valence-corrected chi connectivity index (χ1v) is 4.93. The van der Waals surface area contributed by atoms with Crippen molar-refractivity contribution in [2.45, 2.75) is 6.92 Å². The van der Waals surface area contributed by atoms with Crippen LogP contribution in [0.25, 0.3) is 0 Å². The zero-order valence-corrected chi connectivity index (χ0v) is 9.27. The highest BCUT2D eigenvalue weighted by atomic mass is 35.5. The van der Waals surface area contributed by atoms with Gasteiger partial charge in [-0.25, -0.2) is 0 Å². The summed E-state index contributed by atoms with van der Waals surface area (Å²) in [5, 5.41) is 0.485. The summed E-state index contributed by atoms with van der Waals surface area (Å²) in [6, 6.07) is 7.19. The number of aromatic nitrogens is 3. The lowest BCUT2D eigenvalue weighted by Gasteiger charge is -2.05. The second kappa shape index (κ2) is 4.32. The molecule has 0 bridgehead atoms. The van der Waals surface area contributed by atoms with Crippen LogP contribution in [0, 0.1) is 6.92 Å². The van der Waals surface area contributed by atoms with E-state index in [0.29, 0.717) is 16.6 Å². The van der Waals surface area contributed by atoms with Crippen molar-refractivity contribution in [3.63, 3.8) is 0 Å². The van der Waals surface area contributed by atoms with E-state index in [1.807, 2.05) is 6.07 Å². The van der Waals surface area contributed by atoms with Crippen molar-refractivity contribution in [3.8, 4) is 11.8 Å². The second-order valence-corrected chi connectivity index (χ2v) is 3.46. The number of anilines is 1. The van der Waals surface area contributed by atoms with Gasteiger partial charge in [-0.2, -0.15) is 15.0 Å². The monoisotopic (exact) mass is 236 g/mol. The van der Waals surface area contributed by atoms with Gasteiger partial charge in [-0.1, -0.05) is 23.7 Å². The molecule has 0 atom stereocenters. The molecule has 1 aromatic carbocycles. The summed E-state index contributed by atoms with van der Waals surface area (Å²) in [6.07, 6.45) is 0. The average Bonchev–Trinajstić information content (AvgIpc) is 2.20. The summed E-state index contributed by atoms with van der Waals surface area (Å²) >= 11 is 5.93. The quantitative estimate of drug-likeness (QED) is 0.865. The van der Waals surface area contributed by atoms with Crippen molar-refractivity contribution >= 4 is 17.5 Å². The van der Waals surface area contributed by atoms with Gasteiger partial charge >= 0.3 is 6.01 Å². The van der Waals surface area contributed by atoms with Gasteiger partial charge in [0.25, 0.3) is 0 Å². The zero-order chi connectivity index (χ0) is 11.5. The van der Waals surface area contributed by atoms with Gasteiger partial charge in [0.15, 0.2) is 0 Å². The van der Waals surface area contributed by atoms with Crippen LogP contribution >= 0.6 is 11.6 Å². The molecule has 16 heavy (non-hydrogen) atoms. The number of nitrogens with two attached hydrogens (primary N) is 1. The molecule has 2 aromatic rings. The minimum atomic E-state index is 0.120. The molecule has 1 aromatic heterocycles. The third-order valence-electron chi connectivity index (χ3n) is 1.78. The molecule has 1 heterocycles. The Morgan fingerprint density at radius 2 is 1.94 bits per heavy atom. The number of hydrogen-bond acceptors (Lipinski definition) is 5. The largest absolute Gasteiger partial charge is 0.423 e. The van der Waals surface area contributed by atoms with Crippen LogP contribution in [0.15, 0.2) is 24.3 Å². The van der Waals surface area contributed by atoms with E-state index in [2.05, 4.69) is 15.0 Å². The fourth-order valence-electron chi connectivity index (χ4n) is 1.15. The molecular weight excluding hydrogens is 228 g/mol. The molecule has 82 valence electrons. The number of aryl methyl sites for hydroxylation is 1. The predicted molar refractivity (Wildman–Crippen MR) is 60.5 cm³/mol. The molecule has 0 radical (unpaired) electrons. The highest BCUT2D eigenvalue weighted by Gasteiger charge is 2.06. The summed E-state index contributed by atoms with van der Waals surface area (Å²) in [5.74, 6) is 1.10. The third kappa shape index (κ3) is 2.38. The van der Waals surface area contributed by atoms with Gasteiger partial charge < -0.3 is 10.5 Å². The first-order valence-electron chi connectivity index (χ1n) is 4.55. The maximum atomic E-state index is 5.93. The molecule has 0 aliphatic rings. The lowest BCUT2D eigenvalue weighted by atomic mass is 10.3. The molecule has 0 aliphatic carbocycles. The normalized spacial score (nSPS) is 10.1. The van der Waals surface area contributed by atoms with Crippen molar-refractivity contribution < 1.29 is 4.74 Å². The third-order valence-corrected chi connectivity index (χ3v) is 2.09. The van der Waals surface area contributed by atoms with Gasteiger partial charge in [-0.15, -0.1) is 0 Å². The van der Waals surface area contributed by atoms with Crippen molar-refractivity contribution in [2.75, 3.05) is 5.73 Å². The van der Waals surface area contributed by atoms with Crippen LogP contribution in [-0.2, 0) is 0 Å². The van der Waals surface area contributed by atoms with Gasteiger partial charge in [0.05, 0.1) is 5.02 Å². The van der Waals surface area contributed by atoms with Crippen LogP contribution in [0.2, 0.25) is 5.02 Å². The van der Waals surface area contributed by atoms with E-state index in [9.17, 15) is 0 Å². The van der Waals surface area contributed by atoms with Crippen LogP contribution < -0.4 is 10.5 Å². The first kappa shape index (κ1) is 10.6. The molecular formula is C10H9ClN4O. The van der Waals surface area contributed by atoms with Crippen molar-refractivity contribution in [3.05, 3.63) is 35.1 Å². The van der Waals surface area contributed by atoms with E-state index in [1.54, 1.807) is 25.1 Å². The van der Waals surface area contributed by atoms with Crippen LogP contribution in [0.1, 0.15) is 5.82 Å². The van der Waals surface area contributed by atoms with E-state index in [-0.39, 0.29) is 12.0 Å². The Balaban J connectivity index is 2.30. The summed E-state index contributed by atoms with van der Waals surface area (Å²) in [4.78, 5) is 11.7. The fourth-order valence-corrected chi connectivity index (χ4v) is 1.32. The molecule has 0 saturated heterocycles. The summed E-state index contributed by atoms with van der Waals surface area (Å²) in [5.41, 5.74) is 5.48. The Labute approximate surface area is 97.3 Å². The van der Waals surface area contributed by atoms with Crippen LogP contribution in [-0.4, -0.2) is 15.0 Å². The van der Waals surface area contributed by atoms with Gasteiger partial charge in [-0.3, -0.25) is 0 Å². The predicted octanol–water partition coefficient (Wildman–Crippen LogP) is 2.21. The number of benzene rings is 1. The minimum Gasteiger partial charge on any atom is -0.423 e. The molecule has 0 unspecified atom stereocenters. The molecule has 6 heteroatoms. The first-order chi connectivity index (χ1) is 7.65.